The number of carbonyl (C=O) groups is 2. The van der Waals surface area contributed by atoms with Gasteiger partial charge in [-0.3, -0.25) is 9.59 Å². The first-order valence-corrected chi connectivity index (χ1v) is 7.90. The molecular weight excluding hydrogens is 272 g/mol. The fourth-order valence-electron chi connectivity index (χ4n) is 3.33. The van der Waals surface area contributed by atoms with E-state index in [4.69, 9.17) is 9.47 Å². The van der Waals surface area contributed by atoms with Crippen LogP contribution in [0.15, 0.2) is 0 Å². The Morgan fingerprint density at radius 2 is 2.10 bits per heavy atom. The summed E-state index contributed by atoms with van der Waals surface area (Å²) in [5, 5.41) is 3.00. The minimum atomic E-state index is 0.0408. The number of hydrogen-bond acceptors (Lipinski definition) is 4. The van der Waals surface area contributed by atoms with E-state index in [2.05, 4.69) is 5.32 Å². The summed E-state index contributed by atoms with van der Waals surface area (Å²) in [6, 6.07) is 0.200. The van der Waals surface area contributed by atoms with E-state index >= 15 is 0 Å². The summed E-state index contributed by atoms with van der Waals surface area (Å²) in [7, 11) is 1.54. The van der Waals surface area contributed by atoms with E-state index in [1.165, 1.54) is 13.5 Å². The highest BCUT2D eigenvalue weighted by Crippen LogP contribution is 2.32. The number of amides is 2. The quantitative estimate of drug-likeness (QED) is 0.793. The summed E-state index contributed by atoms with van der Waals surface area (Å²) in [5.74, 6) is 0.448. The van der Waals surface area contributed by atoms with E-state index in [-0.39, 0.29) is 42.6 Å². The number of likely N-dealkylation sites (tertiary alicyclic amines) is 1. The first kappa shape index (κ1) is 14.8. The van der Waals surface area contributed by atoms with Crippen LogP contribution in [0, 0.1) is 5.92 Å². The minimum Gasteiger partial charge on any atom is -0.375 e. The highest BCUT2D eigenvalue weighted by Gasteiger charge is 2.46. The molecule has 1 saturated carbocycles. The Kier molecular flexibility index (Phi) is 4.45. The fraction of sp³-hybridized carbons (Fsp3) is 0.867. The SMILES string of the molecule is COCC(=O)N1C[C@H]2O[C@H](CNC(=O)C3CCC3)CC[C@H]21. The van der Waals surface area contributed by atoms with Crippen molar-refractivity contribution in [2.24, 2.45) is 5.92 Å². The topological polar surface area (TPSA) is 67.9 Å². The maximum atomic E-state index is 11.8. The molecule has 0 spiro atoms. The summed E-state index contributed by atoms with van der Waals surface area (Å²) < 4.78 is 10.9. The fourth-order valence-corrected chi connectivity index (χ4v) is 3.33. The highest BCUT2D eigenvalue weighted by molar-refractivity contribution is 5.79. The molecule has 6 nitrogen and oxygen atoms in total. The molecule has 0 aromatic carbocycles. The maximum absolute atomic E-state index is 11.8. The Labute approximate surface area is 125 Å². The van der Waals surface area contributed by atoms with Gasteiger partial charge in [0.25, 0.3) is 0 Å². The van der Waals surface area contributed by atoms with Crippen molar-refractivity contribution in [1.82, 2.24) is 10.2 Å². The molecule has 1 N–H and O–H groups in total. The van der Waals surface area contributed by atoms with E-state index in [9.17, 15) is 9.59 Å². The van der Waals surface area contributed by atoms with E-state index in [1.807, 2.05) is 4.90 Å². The van der Waals surface area contributed by atoms with Crippen LogP contribution in [0.1, 0.15) is 32.1 Å². The van der Waals surface area contributed by atoms with Crippen molar-refractivity contribution in [2.45, 2.75) is 50.4 Å². The van der Waals surface area contributed by atoms with Gasteiger partial charge in [-0.2, -0.15) is 0 Å². The molecule has 0 aromatic rings. The van der Waals surface area contributed by atoms with E-state index in [0.29, 0.717) is 13.1 Å². The standard InChI is InChI=1S/C15H24N2O4/c1-20-9-14(18)17-8-13-12(17)6-5-11(21-13)7-16-15(19)10-3-2-4-10/h10-13H,2-9H2,1H3,(H,16,19)/t11-,12+,13+/m0/s1. The van der Waals surface area contributed by atoms with Gasteiger partial charge in [-0.25, -0.2) is 0 Å². The van der Waals surface area contributed by atoms with Crippen molar-refractivity contribution in [3.63, 3.8) is 0 Å². The first-order chi connectivity index (χ1) is 10.2. The van der Waals surface area contributed by atoms with Crippen LogP contribution in [0.3, 0.4) is 0 Å². The van der Waals surface area contributed by atoms with Crippen molar-refractivity contribution in [2.75, 3.05) is 26.8 Å². The monoisotopic (exact) mass is 296 g/mol. The summed E-state index contributed by atoms with van der Waals surface area (Å²) in [4.78, 5) is 25.4. The molecular formula is C15H24N2O4. The second-order valence-corrected chi connectivity index (χ2v) is 6.29. The van der Waals surface area contributed by atoms with Crippen LogP contribution in [0.2, 0.25) is 0 Å². The molecule has 0 unspecified atom stereocenters. The third-order valence-electron chi connectivity index (χ3n) is 4.93. The lowest BCUT2D eigenvalue weighted by molar-refractivity contribution is -0.184. The molecule has 2 aliphatic heterocycles. The molecule has 2 heterocycles. The van der Waals surface area contributed by atoms with Crippen LogP contribution >= 0.6 is 0 Å². The maximum Gasteiger partial charge on any atom is 0.248 e. The van der Waals surface area contributed by atoms with Crippen LogP contribution < -0.4 is 5.32 Å². The highest BCUT2D eigenvalue weighted by atomic mass is 16.5. The number of methoxy groups -OCH3 is 1. The summed E-state index contributed by atoms with van der Waals surface area (Å²) >= 11 is 0. The molecule has 3 atom stereocenters. The lowest BCUT2D eigenvalue weighted by Gasteiger charge is -2.52. The minimum absolute atomic E-state index is 0.0408. The van der Waals surface area contributed by atoms with Gasteiger partial charge < -0.3 is 19.7 Å². The van der Waals surface area contributed by atoms with Crippen LogP contribution in [-0.2, 0) is 19.1 Å². The lowest BCUT2D eigenvalue weighted by atomic mass is 9.84. The van der Waals surface area contributed by atoms with Crippen LogP contribution in [0.4, 0.5) is 0 Å². The molecule has 3 fully saturated rings. The molecule has 2 saturated heterocycles. The van der Waals surface area contributed by atoms with Crippen LogP contribution in [-0.4, -0.2) is 61.8 Å². The van der Waals surface area contributed by atoms with Gasteiger partial charge in [0, 0.05) is 26.1 Å². The van der Waals surface area contributed by atoms with Gasteiger partial charge in [0.1, 0.15) is 6.61 Å². The number of carbonyl (C=O) groups excluding carboxylic acids is 2. The lowest BCUT2D eigenvalue weighted by Crippen LogP contribution is -2.67. The number of rotatable bonds is 5. The normalized spacial score (nSPS) is 31.9. The van der Waals surface area contributed by atoms with Crippen LogP contribution in [0.5, 0.6) is 0 Å². The molecule has 6 heteroatoms. The average molecular weight is 296 g/mol. The summed E-state index contributed by atoms with van der Waals surface area (Å²) in [5.41, 5.74) is 0. The van der Waals surface area contributed by atoms with Gasteiger partial charge >= 0.3 is 0 Å². The van der Waals surface area contributed by atoms with Crippen molar-refractivity contribution < 1.29 is 19.1 Å². The van der Waals surface area contributed by atoms with Crippen molar-refractivity contribution >= 4 is 11.8 Å². The molecule has 0 aromatic heterocycles. The van der Waals surface area contributed by atoms with Gasteiger partial charge in [-0.1, -0.05) is 6.42 Å². The number of ether oxygens (including phenoxy) is 2. The average Bonchev–Trinajstić information content (AvgIpc) is 2.36. The Balaban J connectivity index is 1.39. The van der Waals surface area contributed by atoms with E-state index < -0.39 is 0 Å². The zero-order valence-corrected chi connectivity index (χ0v) is 12.5. The third-order valence-corrected chi connectivity index (χ3v) is 4.93. The zero-order valence-electron chi connectivity index (χ0n) is 12.5. The van der Waals surface area contributed by atoms with Gasteiger partial charge in [0.05, 0.1) is 18.2 Å². The molecule has 1 aliphatic carbocycles. The Bertz CT molecular complexity index is 410. The van der Waals surface area contributed by atoms with Crippen LogP contribution in [0.25, 0.3) is 0 Å². The first-order valence-electron chi connectivity index (χ1n) is 7.90. The van der Waals surface area contributed by atoms with E-state index in [0.717, 1.165) is 25.7 Å². The predicted octanol–water partition coefficient (Wildman–Crippen LogP) is 0.308. The Morgan fingerprint density at radius 3 is 2.71 bits per heavy atom. The molecule has 2 amide bonds. The smallest absolute Gasteiger partial charge is 0.248 e. The second kappa shape index (κ2) is 6.32. The predicted molar refractivity (Wildman–Crippen MR) is 75.6 cm³/mol. The zero-order chi connectivity index (χ0) is 14.8. The van der Waals surface area contributed by atoms with Gasteiger partial charge in [-0.15, -0.1) is 0 Å². The third kappa shape index (κ3) is 3.06. The number of hydrogen-bond donors (Lipinski definition) is 1. The largest absolute Gasteiger partial charge is 0.375 e. The Morgan fingerprint density at radius 1 is 1.29 bits per heavy atom. The molecule has 3 rings (SSSR count). The Hall–Kier alpha value is -1.14. The van der Waals surface area contributed by atoms with Crippen molar-refractivity contribution in [1.29, 1.82) is 0 Å². The molecule has 21 heavy (non-hydrogen) atoms. The molecule has 0 radical (unpaired) electrons. The molecule has 3 aliphatic rings. The second-order valence-electron chi connectivity index (χ2n) is 6.29. The van der Waals surface area contributed by atoms with Crippen molar-refractivity contribution in [3.8, 4) is 0 Å². The van der Waals surface area contributed by atoms with Crippen molar-refractivity contribution in [3.05, 3.63) is 0 Å². The molecule has 118 valence electrons. The van der Waals surface area contributed by atoms with E-state index in [1.54, 1.807) is 0 Å². The number of nitrogens with zero attached hydrogens (tertiary/aromatic N) is 1. The number of nitrogens with one attached hydrogen (secondary N) is 1. The molecule has 0 bridgehead atoms. The summed E-state index contributed by atoms with van der Waals surface area (Å²) in [6.45, 7) is 1.40. The summed E-state index contributed by atoms with van der Waals surface area (Å²) in [6.07, 6.45) is 5.29. The van der Waals surface area contributed by atoms with Gasteiger partial charge in [0.15, 0.2) is 0 Å². The number of fused-ring (bicyclic) bond motifs is 1. The van der Waals surface area contributed by atoms with Gasteiger partial charge in [0.2, 0.25) is 11.8 Å². The van der Waals surface area contributed by atoms with Gasteiger partial charge in [-0.05, 0) is 25.7 Å².